The van der Waals surface area contributed by atoms with Gasteiger partial charge in [-0.2, -0.15) is 0 Å². The van der Waals surface area contributed by atoms with Gasteiger partial charge < -0.3 is 4.74 Å². The third-order valence-corrected chi connectivity index (χ3v) is 3.25. The molecule has 2 heteroatoms. The van der Waals surface area contributed by atoms with Gasteiger partial charge in [-0.05, 0) is 24.5 Å². The van der Waals surface area contributed by atoms with Gasteiger partial charge in [0.05, 0.1) is 0 Å². The van der Waals surface area contributed by atoms with Crippen molar-refractivity contribution in [2.45, 2.75) is 33.1 Å². The first-order valence-electron chi connectivity index (χ1n) is 7.08. The van der Waals surface area contributed by atoms with E-state index in [1.165, 1.54) is 0 Å². The highest BCUT2D eigenvalue weighted by Crippen LogP contribution is 2.33. The van der Waals surface area contributed by atoms with Gasteiger partial charge in [-0.1, -0.05) is 61.9 Å². The topological polar surface area (TPSA) is 26.3 Å². The van der Waals surface area contributed by atoms with Crippen LogP contribution in [0.3, 0.4) is 0 Å². The Morgan fingerprint density at radius 2 is 1.80 bits per heavy atom. The second-order valence-electron chi connectivity index (χ2n) is 4.90. The lowest BCUT2D eigenvalue weighted by Gasteiger charge is -2.13. The van der Waals surface area contributed by atoms with Crippen LogP contribution in [0.5, 0.6) is 5.75 Å². The molecule has 0 unspecified atom stereocenters. The lowest BCUT2D eigenvalue weighted by molar-refractivity contribution is -0.134. The Kier molecular flexibility index (Phi) is 4.94. The molecular formula is C18H20O2. The minimum absolute atomic E-state index is 0.154. The minimum atomic E-state index is -0.154. The van der Waals surface area contributed by atoms with E-state index in [4.69, 9.17) is 4.74 Å². The van der Waals surface area contributed by atoms with E-state index < -0.39 is 0 Å². The summed E-state index contributed by atoms with van der Waals surface area (Å²) >= 11 is 0. The van der Waals surface area contributed by atoms with E-state index in [2.05, 4.69) is 6.92 Å². The third kappa shape index (κ3) is 3.47. The zero-order chi connectivity index (χ0) is 14.4. The van der Waals surface area contributed by atoms with Crippen molar-refractivity contribution in [3.05, 3.63) is 54.1 Å². The van der Waals surface area contributed by atoms with Crippen molar-refractivity contribution in [1.82, 2.24) is 0 Å². The molecule has 0 atom stereocenters. The van der Waals surface area contributed by atoms with Gasteiger partial charge in [-0.15, -0.1) is 0 Å². The molecule has 0 heterocycles. The fourth-order valence-electron chi connectivity index (χ4n) is 2.12. The summed E-state index contributed by atoms with van der Waals surface area (Å²) < 4.78 is 5.59. The molecule has 0 saturated heterocycles. The Morgan fingerprint density at radius 3 is 2.50 bits per heavy atom. The number of rotatable bonds is 5. The number of unbranched alkanes of at least 4 members (excludes halogenated alkanes) is 1. The summed E-state index contributed by atoms with van der Waals surface area (Å²) in [5, 5.41) is 0. The van der Waals surface area contributed by atoms with Gasteiger partial charge in [0.25, 0.3) is 0 Å². The molecule has 2 rings (SSSR count). The van der Waals surface area contributed by atoms with Crippen molar-refractivity contribution < 1.29 is 9.53 Å². The van der Waals surface area contributed by atoms with Crippen molar-refractivity contribution in [1.29, 1.82) is 0 Å². The van der Waals surface area contributed by atoms with E-state index in [-0.39, 0.29) is 5.97 Å². The molecule has 0 amide bonds. The van der Waals surface area contributed by atoms with Crippen molar-refractivity contribution in [3.8, 4) is 16.9 Å². The zero-order valence-electron chi connectivity index (χ0n) is 12.1. The summed E-state index contributed by atoms with van der Waals surface area (Å²) in [6.45, 7) is 4.03. The number of para-hydroxylation sites is 1. The van der Waals surface area contributed by atoms with Crippen LogP contribution in [0.1, 0.15) is 31.7 Å². The largest absolute Gasteiger partial charge is 0.426 e. The summed E-state index contributed by atoms with van der Waals surface area (Å²) in [4.78, 5) is 11.9. The fraction of sp³-hybridized carbons (Fsp3) is 0.278. The molecule has 104 valence electrons. The summed E-state index contributed by atoms with van der Waals surface area (Å²) in [7, 11) is 0. The number of aryl methyl sites for hydroxylation is 1. The number of esters is 1. The van der Waals surface area contributed by atoms with Crippen LogP contribution in [-0.4, -0.2) is 5.97 Å². The van der Waals surface area contributed by atoms with E-state index in [0.717, 1.165) is 29.5 Å². The van der Waals surface area contributed by atoms with Crippen LogP contribution in [0.25, 0.3) is 11.1 Å². The minimum Gasteiger partial charge on any atom is -0.426 e. The van der Waals surface area contributed by atoms with Crippen LogP contribution in [0, 0.1) is 6.92 Å². The molecule has 20 heavy (non-hydrogen) atoms. The highest BCUT2D eigenvalue weighted by atomic mass is 16.5. The Labute approximate surface area is 120 Å². The molecule has 2 aromatic carbocycles. The highest BCUT2D eigenvalue weighted by Gasteiger charge is 2.12. The Balaban J connectivity index is 2.30. The number of ether oxygens (including phenoxy) is 1. The van der Waals surface area contributed by atoms with Crippen LogP contribution < -0.4 is 4.74 Å². The normalized spacial score (nSPS) is 10.3. The quantitative estimate of drug-likeness (QED) is 0.577. The molecule has 0 aromatic heterocycles. The number of benzene rings is 2. The summed E-state index contributed by atoms with van der Waals surface area (Å²) in [5.74, 6) is 0.526. The third-order valence-electron chi connectivity index (χ3n) is 3.25. The molecule has 0 radical (unpaired) electrons. The van der Waals surface area contributed by atoms with Crippen LogP contribution in [0.2, 0.25) is 0 Å². The Bertz CT molecular complexity index is 573. The maximum Gasteiger partial charge on any atom is 0.311 e. The van der Waals surface area contributed by atoms with Crippen LogP contribution in [0.15, 0.2) is 48.5 Å². The maximum absolute atomic E-state index is 11.9. The van der Waals surface area contributed by atoms with Crippen LogP contribution >= 0.6 is 0 Å². The second-order valence-corrected chi connectivity index (χ2v) is 4.90. The Hall–Kier alpha value is -2.09. The fourth-order valence-corrected chi connectivity index (χ4v) is 2.12. The molecule has 0 aliphatic heterocycles. The van der Waals surface area contributed by atoms with Crippen LogP contribution in [-0.2, 0) is 4.79 Å². The number of hydrogen-bond acceptors (Lipinski definition) is 2. The van der Waals surface area contributed by atoms with E-state index in [0.29, 0.717) is 12.2 Å². The highest BCUT2D eigenvalue weighted by molar-refractivity contribution is 5.79. The van der Waals surface area contributed by atoms with Gasteiger partial charge in [0.2, 0.25) is 0 Å². The molecule has 0 aliphatic carbocycles. The van der Waals surface area contributed by atoms with E-state index >= 15 is 0 Å². The first-order valence-corrected chi connectivity index (χ1v) is 7.08. The SMILES string of the molecule is CCCCC(=O)Oc1c(C)cccc1-c1ccccc1. The molecule has 0 fully saturated rings. The molecule has 2 nitrogen and oxygen atoms in total. The van der Waals surface area contributed by atoms with Gasteiger partial charge in [0, 0.05) is 12.0 Å². The van der Waals surface area contributed by atoms with Gasteiger partial charge in [0.1, 0.15) is 5.75 Å². The molecule has 2 aromatic rings. The van der Waals surface area contributed by atoms with E-state index in [1.54, 1.807) is 0 Å². The van der Waals surface area contributed by atoms with Gasteiger partial charge >= 0.3 is 5.97 Å². The van der Waals surface area contributed by atoms with Gasteiger partial charge in [-0.3, -0.25) is 4.79 Å². The zero-order valence-corrected chi connectivity index (χ0v) is 12.1. The summed E-state index contributed by atoms with van der Waals surface area (Å²) in [6.07, 6.45) is 2.33. The van der Waals surface area contributed by atoms with E-state index in [9.17, 15) is 4.79 Å². The Morgan fingerprint density at radius 1 is 1.05 bits per heavy atom. The van der Waals surface area contributed by atoms with Crippen molar-refractivity contribution in [2.24, 2.45) is 0 Å². The first-order chi connectivity index (χ1) is 9.72. The summed E-state index contributed by atoms with van der Waals surface area (Å²) in [5.41, 5.74) is 3.01. The predicted molar refractivity (Wildman–Crippen MR) is 81.8 cm³/mol. The lowest BCUT2D eigenvalue weighted by atomic mass is 10.0. The molecule has 0 N–H and O–H groups in total. The number of hydrogen-bond donors (Lipinski definition) is 0. The molecule has 0 saturated carbocycles. The summed E-state index contributed by atoms with van der Waals surface area (Å²) in [6, 6.07) is 15.9. The van der Waals surface area contributed by atoms with Crippen molar-refractivity contribution >= 4 is 5.97 Å². The van der Waals surface area contributed by atoms with Gasteiger partial charge in [0.15, 0.2) is 0 Å². The monoisotopic (exact) mass is 268 g/mol. The molecule has 0 bridgehead atoms. The average Bonchev–Trinajstić information content (AvgIpc) is 2.48. The average molecular weight is 268 g/mol. The number of carbonyl (C=O) groups excluding carboxylic acids is 1. The predicted octanol–water partition coefficient (Wildman–Crippen LogP) is 4.76. The van der Waals surface area contributed by atoms with Crippen molar-refractivity contribution in [2.75, 3.05) is 0 Å². The molecular weight excluding hydrogens is 248 g/mol. The van der Waals surface area contributed by atoms with Crippen molar-refractivity contribution in [3.63, 3.8) is 0 Å². The number of carbonyl (C=O) groups is 1. The first kappa shape index (κ1) is 14.3. The standard InChI is InChI=1S/C18H20O2/c1-3-4-13-17(19)20-18-14(2)9-8-12-16(18)15-10-6-5-7-11-15/h5-12H,3-4,13H2,1-2H3. The molecule has 0 spiro atoms. The second kappa shape index (κ2) is 6.90. The molecule has 0 aliphatic rings. The smallest absolute Gasteiger partial charge is 0.311 e. The van der Waals surface area contributed by atoms with E-state index in [1.807, 2.05) is 55.5 Å². The van der Waals surface area contributed by atoms with Gasteiger partial charge in [-0.25, -0.2) is 0 Å². The van der Waals surface area contributed by atoms with Crippen LogP contribution in [0.4, 0.5) is 0 Å². The lowest BCUT2D eigenvalue weighted by Crippen LogP contribution is -2.09. The maximum atomic E-state index is 11.9.